The highest BCUT2D eigenvalue weighted by molar-refractivity contribution is 5.91. The molecule has 0 unspecified atom stereocenters. The number of aromatic nitrogens is 2. The van der Waals surface area contributed by atoms with Crippen molar-refractivity contribution in [2.75, 3.05) is 13.6 Å². The van der Waals surface area contributed by atoms with Crippen LogP contribution in [0.5, 0.6) is 0 Å². The number of hydrogen-bond donors (Lipinski definition) is 0. The molecule has 0 aliphatic carbocycles. The molecule has 5 rings (SSSR count). The van der Waals surface area contributed by atoms with Gasteiger partial charge < -0.3 is 9.47 Å². The third-order valence-electron chi connectivity index (χ3n) is 5.89. The summed E-state index contributed by atoms with van der Waals surface area (Å²) in [5.74, 6) is 0. The van der Waals surface area contributed by atoms with Crippen molar-refractivity contribution in [3.8, 4) is 16.8 Å². The van der Waals surface area contributed by atoms with Crippen LogP contribution in [0.15, 0.2) is 60.9 Å². The lowest BCUT2D eigenvalue weighted by Gasteiger charge is -2.24. The first-order chi connectivity index (χ1) is 13.6. The van der Waals surface area contributed by atoms with Crippen LogP contribution in [-0.2, 0) is 13.0 Å². The van der Waals surface area contributed by atoms with Crippen LogP contribution in [0.25, 0.3) is 27.7 Å². The Kier molecular flexibility index (Phi) is 4.06. The average molecular weight is 367 g/mol. The summed E-state index contributed by atoms with van der Waals surface area (Å²) < 4.78 is 2.51. The van der Waals surface area contributed by atoms with Crippen molar-refractivity contribution in [3.63, 3.8) is 0 Å². The third kappa shape index (κ3) is 2.74. The van der Waals surface area contributed by atoms with Crippen LogP contribution in [-0.4, -0.2) is 28.0 Å². The SMILES string of the molecule is Cc1cc(C)c2c(c1)c1c(n2-c2cccc(-c3ccncc3)c2)CCN(C)C1. The highest BCUT2D eigenvalue weighted by Gasteiger charge is 2.24. The average Bonchev–Trinajstić information content (AvgIpc) is 3.03. The van der Waals surface area contributed by atoms with E-state index in [9.17, 15) is 0 Å². The maximum Gasteiger partial charge on any atom is 0.0564 e. The lowest BCUT2D eigenvalue weighted by atomic mass is 10.0. The van der Waals surface area contributed by atoms with Gasteiger partial charge in [-0.1, -0.05) is 23.8 Å². The standard InChI is InChI=1S/C25H25N3/c1-17-13-18(2)25-22(14-17)23-16-27(3)12-9-24(23)28(25)21-6-4-5-20(15-21)19-7-10-26-11-8-19/h4-8,10-11,13-15H,9,12,16H2,1-3H3. The number of benzene rings is 2. The van der Waals surface area contributed by atoms with Gasteiger partial charge in [-0.15, -0.1) is 0 Å². The van der Waals surface area contributed by atoms with Crippen LogP contribution in [0.2, 0.25) is 0 Å². The molecule has 140 valence electrons. The zero-order valence-electron chi connectivity index (χ0n) is 16.7. The Hall–Kier alpha value is -2.91. The Balaban J connectivity index is 1.78. The van der Waals surface area contributed by atoms with Gasteiger partial charge in [-0.3, -0.25) is 4.98 Å². The van der Waals surface area contributed by atoms with Crippen molar-refractivity contribution in [2.45, 2.75) is 26.8 Å². The summed E-state index contributed by atoms with van der Waals surface area (Å²) in [6.45, 7) is 6.57. The molecule has 3 heterocycles. The van der Waals surface area contributed by atoms with Gasteiger partial charge >= 0.3 is 0 Å². The van der Waals surface area contributed by atoms with E-state index in [1.807, 2.05) is 12.4 Å². The molecular weight excluding hydrogens is 342 g/mol. The minimum Gasteiger partial charge on any atom is -0.313 e. The minimum absolute atomic E-state index is 1.02. The van der Waals surface area contributed by atoms with E-state index in [1.165, 1.54) is 50.1 Å². The van der Waals surface area contributed by atoms with Crippen LogP contribution >= 0.6 is 0 Å². The molecule has 0 atom stereocenters. The fourth-order valence-corrected chi connectivity index (χ4v) is 4.65. The van der Waals surface area contributed by atoms with E-state index in [1.54, 1.807) is 0 Å². The highest BCUT2D eigenvalue weighted by atomic mass is 15.1. The van der Waals surface area contributed by atoms with Crippen molar-refractivity contribution in [3.05, 3.63) is 83.3 Å². The van der Waals surface area contributed by atoms with E-state index in [0.29, 0.717) is 0 Å². The van der Waals surface area contributed by atoms with E-state index < -0.39 is 0 Å². The van der Waals surface area contributed by atoms with Gasteiger partial charge in [-0.25, -0.2) is 0 Å². The van der Waals surface area contributed by atoms with Gasteiger partial charge in [0.2, 0.25) is 0 Å². The van der Waals surface area contributed by atoms with Gasteiger partial charge in [0.05, 0.1) is 5.52 Å². The smallest absolute Gasteiger partial charge is 0.0564 e. The lowest BCUT2D eigenvalue weighted by Crippen LogP contribution is -2.27. The number of likely N-dealkylation sites (N-methyl/N-ethyl adjacent to an activating group) is 1. The quantitative estimate of drug-likeness (QED) is 0.479. The lowest BCUT2D eigenvalue weighted by molar-refractivity contribution is 0.311. The van der Waals surface area contributed by atoms with E-state index in [4.69, 9.17) is 0 Å². The molecule has 0 amide bonds. The highest BCUT2D eigenvalue weighted by Crippen LogP contribution is 2.36. The fourth-order valence-electron chi connectivity index (χ4n) is 4.65. The minimum atomic E-state index is 1.02. The van der Waals surface area contributed by atoms with Crippen molar-refractivity contribution in [1.29, 1.82) is 0 Å². The summed E-state index contributed by atoms with van der Waals surface area (Å²) in [5.41, 5.74) is 10.7. The fraction of sp³-hybridized carbons (Fsp3) is 0.240. The Morgan fingerprint density at radius 1 is 0.929 bits per heavy atom. The molecule has 28 heavy (non-hydrogen) atoms. The van der Waals surface area contributed by atoms with Crippen LogP contribution in [0.1, 0.15) is 22.4 Å². The van der Waals surface area contributed by atoms with E-state index in [2.05, 4.69) is 83.9 Å². The molecular formula is C25H25N3. The molecule has 0 saturated carbocycles. The number of rotatable bonds is 2. The van der Waals surface area contributed by atoms with Gasteiger partial charge in [-0.2, -0.15) is 0 Å². The molecule has 2 aromatic carbocycles. The van der Waals surface area contributed by atoms with Crippen LogP contribution in [0.3, 0.4) is 0 Å². The van der Waals surface area contributed by atoms with Crippen molar-refractivity contribution in [2.24, 2.45) is 0 Å². The number of aryl methyl sites for hydroxylation is 2. The molecule has 3 heteroatoms. The first-order valence-corrected chi connectivity index (χ1v) is 9.94. The maximum atomic E-state index is 4.16. The normalized spacial score (nSPS) is 14.4. The summed E-state index contributed by atoms with van der Waals surface area (Å²) >= 11 is 0. The first-order valence-electron chi connectivity index (χ1n) is 9.94. The Morgan fingerprint density at radius 3 is 2.57 bits per heavy atom. The van der Waals surface area contributed by atoms with Gasteiger partial charge in [0.1, 0.15) is 0 Å². The second kappa shape index (κ2) is 6.61. The largest absolute Gasteiger partial charge is 0.313 e. The number of pyridine rings is 1. The number of hydrogen-bond acceptors (Lipinski definition) is 2. The molecule has 0 bridgehead atoms. The predicted octanol–water partition coefficient (Wildman–Crippen LogP) is 5.30. The Morgan fingerprint density at radius 2 is 1.75 bits per heavy atom. The van der Waals surface area contributed by atoms with E-state index in [-0.39, 0.29) is 0 Å². The molecule has 0 N–H and O–H groups in total. The van der Waals surface area contributed by atoms with Crippen molar-refractivity contribution >= 4 is 10.9 Å². The predicted molar refractivity (Wildman–Crippen MR) is 116 cm³/mol. The van der Waals surface area contributed by atoms with Gasteiger partial charge in [0.25, 0.3) is 0 Å². The summed E-state index contributed by atoms with van der Waals surface area (Å²) in [5, 5.41) is 1.41. The Labute approximate surface area is 166 Å². The number of fused-ring (bicyclic) bond motifs is 3. The molecule has 1 aliphatic heterocycles. The second-order valence-corrected chi connectivity index (χ2v) is 8.01. The van der Waals surface area contributed by atoms with Crippen LogP contribution in [0, 0.1) is 13.8 Å². The summed E-state index contributed by atoms with van der Waals surface area (Å²) in [6, 6.07) is 17.7. The molecule has 0 spiro atoms. The molecule has 2 aromatic heterocycles. The topological polar surface area (TPSA) is 21.1 Å². The van der Waals surface area contributed by atoms with Crippen LogP contribution < -0.4 is 0 Å². The molecule has 0 saturated heterocycles. The molecule has 3 nitrogen and oxygen atoms in total. The summed E-state index contributed by atoms with van der Waals surface area (Å²) in [4.78, 5) is 6.59. The van der Waals surface area contributed by atoms with Gasteiger partial charge in [0.15, 0.2) is 0 Å². The molecule has 4 aromatic rings. The first kappa shape index (κ1) is 17.2. The number of nitrogens with zero attached hydrogens (tertiary/aromatic N) is 3. The van der Waals surface area contributed by atoms with Crippen molar-refractivity contribution in [1.82, 2.24) is 14.5 Å². The monoisotopic (exact) mass is 367 g/mol. The molecule has 0 radical (unpaired) electrons. The molecule has 0 fully saturated rings. The van der Waals surface area contributed by atoms with Gasteiger partial charge in [0, 0.05) is 48.7 Å². The zero-order valence-corrected chi connectivity index (χ0v) is 16.7. The van der Waals surface area contributed by atoms with Crippen LogP contribution in [0.4, 0.5) is 0 Å². The van der Waals surface area contributed by atoms with E-state index in [0.717, 1.165) is 19.5 Å². The third-order valence-corrected chi connectivity index (χ3v) is 5.89. The summed E-state index contributed by atoms with van der Waals surface area (Å²) in [7, 11) is 2.22. The van der Waals surface area contributed by atoms with Crippen molar-refractivity contribution < 1.29 is 0 Å². The van der Waals surface area contributed by atoms with E-state index >= 15 is 0 Å². The molecule has 1 aliphatic rings. The van der Waals surface area contributed by atoms with Gasteiger partial charge in [-0.05, 0) is 73.5 Å². The Bertz CT molecular complexity index is 1170. The maximum absolute atomic E-state index is 4.16. The second-order valence-electron chi connectivity index (χ2n) is 8.01. The zero-order chi connectivity index (χ0) is 19.3. The summed E-state index contributed by atoms with van der Waals surface area (Å²) in [6.07, 6.45) is 4.80.